The van der Waals surface area contributed by atoms with Crippen LogP contribution in [0, 0.1) is 0 Å². The Morgan fingerprint density at radius 3 is 2.83 bits per heavy atom. The molecule has 2 rings (SSSR count). The number of nitrogens with two attached hydrogens (primary N) is 1. The minimum atomic E-state index is -0.560. The molecule has 0 aromatic carbocycles. The molecular weight excluding hydrogens is 240 g/mol. The Morgan fingerprint density at radius 2 is 2.17 bits per heavy atom. The van der Waals surface area contributed by atoms with Crippen LogP contribution in [-0.4, -0.2) is 15.5 Å². The van der Waals surface area contributed by atoms with Gasteiger partial charge in [0.05, 0.1) is 6.54 Å². The van der Waals surface area contributed by atoms with Gasteiger partial charge in [-0.3, -0.25) is 24.6 Å². The summed E-state index contributed by atoms with van der Waals surface area (Å²) in [5, 5.41) is 0. The van der Waals surface area contributed by atoms with Crippen molar-refractivity contribution in [3.05, 3.63) is 56.8 Å². The van der Waals surface area contributed by atoms with Gasteiger partial charge < -0.3 is 4.42 Å². The summed E-state index contributed by atoms with van der Waals surface area (Å²) in [5.74, 6) is 4.83. The lowest BCUT2D eigenvalue weighted by atomic mass is 10.4. The maximum absolute atomic E-state index is 11.4. The smallest absolute Gasteiger partial charge is 0.328 e. The topological polar surface area (TPSA) is 123 Å². The third-order valence-electron chi connectivity index (χ3n) is 2.24. The third-order valence-corrected chi connectivity index (χ3v) is 2.24. The van der Waals surface area contributed by atoms with Crippen molar-refractivity contribution in [2.24, 2.45) is 5.84 Å². The van der Waals surface area contributed by atoms with E-state index >= 15 is 0 Å². The van der Waals surface area contributed by atoms with E-state index in [2.05, 4.69) is 4.98 Å². The molecule has 0 aliphatic carbocycles. The van der Waals surface area contributed by atoms with Gasteiger partial charge in [-0.2, -0.15) is 0 Å². The normalized spacial score (nSPS) is 10.3. The molecule has 4 N–H and O–H groups in total. The van der Waals surface area contributed by atoms with Crippen LogP contribution in [0.3, 0.4) is 0 Å². The molecule has 2 aromatic rings. The van der Waals surface area contributed by atoms with Crippen LogP contribution in [0.2, 0.25) is 0 Å². The highest BCUT2D eigenvalue weighted by molar-refractivity contribution is 5.90. The predicted octanol–water partition coefficient (Wildman–Crippen LogP) is -1.22. The Kier molecular flexibility index (Phi) is 3.11. The number of amides is 1. The molecule has 1 amide bonds. The van der Waals surface area contributed by atoms with E-state index in [0.29, 0.717) is 5.76 Å². The number of aromatic nitrogens is 2. The molecule has 94 valence electrons. The summed E-state index contributed by atoms with van der Waals surface area (Å²) in [6.45, 7) is 0.105. The molecule has 0 saturated carbocycles. The summed E-state index contributed by atoms with van der Waals surface area (Å²) in [7, 11) is 0. The van der Waals surface area contributed by atoms with Gasteiger partial charge in [0, 0.05) is 12.3 Å². The Morgan fingerprint density at radius 1 is 1.39 bits per heavy atom. The molecule has 0 spiro atoms. The Labute approximate surface area is 100 Å². The van der Waals surface area contributed by atoms with Crippen molar-refractivity contribution in [2.45, 2.75) is 6.54 Å². The van der Waals surface area contributed by atoms with Crippen LogP contribution in [0.25, 0.3) is 0 Å². The Balaban J connectivity index is 2.24. The maximum Gasteiger partial charge on any atom is 0.328 e. The van der Waals surface area contributed by atoms with Crippen molar-refractivity contribution in [3.8, 4) is 0 Å². The van der Waals surface area contributed by atoms with Gasteiger partial charge in [-0.15, -0.1) is 0 Å². The monoisotopic (exact) mass is 250 g/mol. The molecule has 0 saturated heterocycles. The molecule has 18 heavy (non-hydrogen) atoms. The third kappa shape index (κ3) is 2.38. The first-order valence-corrected chi connectivity index (χ1v) is 4.99. The van der Waals surface area contributed by atoms with Gasteiger partial charge in [0.1, 0.15) is 5.76 Å². The molecule has 0 bridgehead atoms. The fourth-order valence-electron chi connectivity index (χ4n) is 1.39. The van der Waals surface area contributed by atoms with E-state index < -0.39 is 17.2 Å². The molecule has 0 radical (unpaired) electrons. The molecule has 0 unspecified atom stereocenters. The highest BCUT2D eigenvalue weighted by atomic mass is 16.4. The fourth-order valence-corrected chi connectivity index (χ4v) is 1.39. The van der Waals surface area contributed by atoms with Crippen molar-refractivity contribution in [1.82, 2.24) is 15.0 Å². The minimum Gasteiger partial charge on any atom is -0.454 e. The van der Waals surface area contributed by atoms with Crippen LogP contribution >= 0.6 is 0 Å². The van der Waals surface area contributed by atoms with E-state index in [-0.39, 0.29) is 12.3 Å². The number of aromatic amines is 1. The number of carbonyl (C=O) groups excluding carboxylic acids is 1. The number of rotatable bonds is 3. The van der Waals surface area contributed by atoms with Crippen LogP contribution in [0.15, 0.2) is 38.4 Å². The zero-order chi connectivity index (χ0) is 13.1. The standard InChI is InChI=1S/C10H10N4O4/c11-13-9(16)7-2-1-6(18-7)5-14-4-3-8(15)12-10(14)17/h1-4H,5,11H2,(H,13,16)(H,12,15,17). The first-order chi connectivity index (χ1) is 8.60. The molecule has 0 fully saturated rings. The molecule has 8 nitrogen and oxygen atoms in total. The average molecular weight is 250 g/mol. The van der Waals surface area contributed by atoms with E-state index in [9.17, 15) is 14.4 Å². The van der Waals surface area contributed by atoms with E-state index in [1.807, 2.05) is 5.43 Å². The van der Waals surface area contributed by atoms with Gasteiger partial charge in [0.25, 0.3) is 5.56 Å². The van der Waals surface area contributed by atoms with Crippen LogP contribution < -0.4 is 22.5 Å². The fraction of sp³-hybridized carbons (Fsp3) is 0.100. The summed E-state index contributed by atoms with van der Waals surface area (Å²) in [6.07, 6.45) is 1.34. The Bertz CT molecular complexity index is 681. The van der Waals surface area contributed by atoms with Gasteiger partial charge in [-0.1, -0.05) is 0 Å². The van der Waals surface area contributed by atoms with Crippen LogP contribution in [0.4, 0.5) is 0 Å². The summed E-state index contributed by atoms with van der Waals surface area (Å²) in [4.78, 5) is 35.5. The minimum absolute atomic E-state index is 0.0463. The molecule has 0 aliphatic heterocycles. The summed E-state index contributed by atoms with van der Waals surface area (Å²) in [6, 6.07) is 4.20. The summed E-state index contributed by atoms with van der Waals surface area (Å²) < 4.78 is 6.42. The number of nitrogens with zero attached hydrogens (tertiary/aromatic N) is 1. The van der Waals surface area contributed by atoms with E-state index in [1.54, 1.807) is 6.07 Å². The number of carbonyl (C=O) groups is 1. The summed E-state index contributed by atoms with van der Waals surface area (Å²) in [5.41, 5.74) is 0.903. The van der Waals surface area contributed by atoms with Crippen molar-refractivity contribution >= 4 is 5.91 Å². The zero-order valence-corrected chi connectivity index (χ0v) is 9.17. The number of furan rings is 1. The van der Waals surface area contributed by atoms with Crippen LogP contribution in [0.5, 0.6) is 0 Å². The highest BCUT2D eigenvalue weighted by Gasteiger charge is 2.10. The van der Waals surface area contributed by atoms with Crippen molar-refractivity contribution < 1.29 is 9.21 Å². The van der Waals surface area contributed by atoms with Crippen LogP contribution in [-0.2, 0) is 6.54 Å². The largest absolute Gasteiger partial charge is 0.454 e. The van der Waals surface area contributed by atoms with Crippen molar-refractivity contribution in [3.63, 3.8) is 0 Å². The quantitative estimate of drug-likeness (QED) is 0.358. The second-order valence-electron chi connectivity index (χ2n) is 3.48. The van der Waals surface area contributed by atoms with E-state index in [4.69, 9.17) is 10.3 Å². The SMILES string of the molecule is NNC(=O)c1ccc(Cn2ccc(=O)[nH]c2=O)o1. The van der Waals surface area contributed by atoms with Gasteiger partial charge in [-0.25, -0.2) is 10.6 Å². The number of nitrogen functional groups attached to an aromatic ring is 1. The summed E-state index contributed by atoms with van der Waals surface area (Å²) >= 11 is 0. The van der Waals surface area contributed by atoms with Gasteiger partial charge in [-0.05, 0) is 12.1 Å². The lowest BCUT2D eigenvalue weighted by Gasteiger charge is -2.01. The second kappa shape index (κ2) is 4.72. The molecular formula is C10H10N4O4. The molecule has 0 aliphatic rings. The van der Waals surface area contributed by atoms with Crippen LogP contribution in [0.1, 0.15) is 16.3 Å². The highest BCUT2D eigenvalue weighted by Crippen LogP contribution is 2.08. The first kappa shape index (κ1) is 11.9. The predicted molar refractivity (Wildman–Crippen MR) is 60.8 cm³/mol. The maximum atomic E-state index is 11.4. The second-order valence-corrected chi connectivity index (χ2v) is 3.48. The number of hydrogen-bond acceptors (Lipinski definition) is 5. The van der Waals surface area contributed by atoms with Gasteiger partial charge in [0.15, 0.2) is 5.76 Å². The Hall–Kier alpha value is -2.61. The lowest BCUT2D eigenvalue weighted by molar-refractivity contribution is 0.0924. The number of hydrazine groups is 1. The molecule has 2 heterocycles. The first-order valence-electron chi connectivity index (χ1n) is 4.99. The number of hydrogen-bond donors (Lipinski definition) is 3. The lowest BCUT2D eigenvalue weighted by Crippen LogP contribution is -2.29. The number of H-pyrrole nitrogens is 1. The van der Waals surface area contributed by atoms with Gasteiger partial charge >= 0.3 is 11.6 Å². The van der Waals surface area contributed by atoms with E-state index in [1.165, 1.54) is 22.9 Å². The molecule has 8 heteroatoms. The van der Waals surface area contributed by atoms with Crippen molar-refractivity contribution in [1.29, 1.82) is 0 Å². The number of nitrogens with one attached hydrogen (secondary N) is 2. The van der Waals surface area contributed by atoms with Gasteiger partial charge in [0.2, 0.25) is 0 Å². The molecule has 2 aromatic heterocycles. The van der Waals surface area contributed by atoms with Crippen molar-refractivity contribution in [2.75, 3.05) is 0 Å². The average Bonchev–Trinajstić information content (AvgIpc) is 2.80. The zero-order valence-electron chi connectivity index (χ0n) is 9.17. The molecule has 0 atom stereocenters. The van der Waals surface area contributed by atoms with E-state index in [0.717, 1.165) is 0 Å².